The first kappa shape index (κ1) is 29.4. The molecule has 5 atom stereocenters. The highest BCUT2D eigenvalue weighted by atomic mass is 35.5. The van der Waals surface area contributed by atoms with E-state index in [1.807, 2.05) is 62.4 Å². The van der Waals surface area contributed by atoms with Crippen LogP contribution in [0.4, 0.5) is 5.69 Å². The maximum Gasteiger partial charge on any atom is 0.250 e. The Morgan fingerprint density at radius 3 is 2.73 bits per heavy atom. The molecule has 6 aromatic rings. The number of hydrogen-bond donors (Lipinski definition) is 4. The Bertz CT molecular complexity index is 2430. The Morgan fingerprint density at radius 1 is 1.04 bits per heavy atom. The highest BCUT2D eigenvalue weighted by Crippen LogP contribution is 2.62. The number of aromatic nitrogens is 3. The van der Waals surface area contributed by atoms with Crippen molar-refractivity contribution >= 4 is 57.3 Å². The van der Waals surface area contributed by atoms with Crippen LogP contribution in [-0.2, 0) is 16.6 Å². The van der Waals surface area contributed by atoms with Crippen molar-refractivity contribution < 1.29 is 18.4 Å². The zero-order valence-electron chi connectivity index (χ0n) is 26.1. The molecule has 0 saturated heterocycles. The molecule has 0 saturated carbocycles. The molecule has 1 amide bonds. The molecule has 4 aliphatic rings. The zero-order valence-corrected chi connectivity index (χ0v) is 28.3. The number of anilines is 1. The third-order valence-corrected chi connectivity index (χ3v) is 11.3. The summed E-state index contributed by atoms with van der Waals surface area (Å²) in [5.74, 6) is 1.37. The maximum atomic E-state index is 13.6. The van der Waals surface area contributed by atoms with Crippen molar-refractivity contribution in [3.05, 3.63) is 92.2 Å². The first-order chi connectivity index (χ1) is 23.7. The number of hydrogen-bond acceptors (Lipinski definition) is 8. The van der Waals surface area contributed by atoms with Crippen molar-refractivity contribution in [1.29, 1.82) is 0 Å². The van der Waals surface area contributed by atoms with Gasteiger partial charge in [0.05, 0.1) is 11.6 Å². The monoisotopic (exact) mass is 712 g/mol. The molecule has 3 aromatic heterocycles. The van der Waals surface area contributed by atoms with Gasteiger partial charge in [-0.3, -0.25) is 4.79 Å². The van der Waals surface area contributed by atoms with Crippen molar-refractivity contribution in [2.75, 3.05) is 5.32 Å². The van der Waals surface area contributed by atoms with Crippen LogP contribution in [0.3, 0.4) is 0 Å². The average Bonchev–Trinajstić information content (AvgIpc) is 3.88. The zero-order chi connectivity index (χ0) is 33.5. The molecule has 0 radical (unpaired) electrons. The molecule has 4 aliphatic heterocycles. The lowest BCUT2D eigenvalue weighted by Gasteiger charge is -2.28. The minimum Gasteiger partial charge on any atom is -0.469 e. The van der Waals surface area contributed by atoms with Gasteiger partial charge in [-0.1, -0.05) is 79.3 Å². The summed E-state index contributed by atoms with van der Waals surface area (Å²) in [5, 5.41) is 8.61. The molecule has 13 heteroatoms. The first-order valence-corrected chi connectivity index (χ1v) is 17.3. The lowest BCUT2D eigenvalue weighted by atomic mass is 9.72. The number of nitrogens with two attached hydrogens (primary N) is 1. The fraction of sp³-hybridized carbons (Fsp3) is 0.250. The third kappa shape index (κ3) is 3.80. The van der Waals surface area contributed by atoms with Gasteiger partial charge >= 0.3 is 0 Å². The molecule has 0 fully saturated rings. The van der Waals surface area contributed by atoms with Gasteiger partial charge < -0.3 is 34.9 Å². The van der Waals surface area contributed by atoms with Crippen LogP contribution in [0.5, 0.6) is 5.75 Å². The number of amides is 1. The Hall–Kier alpha value is -4.48. The molecular weight excluding hydrogens is 687 g/mol. The van der Waals surface area contributed by atoms with Gasteiger partial charge in [0.15, 0.2) is 28.6 Å². The van der Waals surface area contributed by atoms with Gasteiger partial charge in [0.25, 0.3) is 5.89 Å². The van der Waals surface area contributed by atoms with E-state index in [0.717, 1.165) is 50.8 Å². The summed E-state index contributed by atoms with van der Waals surface area (Å²) in [7, 11) is 0. The standard InChI is InChI=1S/C36H27Cl3N6O4/c1-3-13(2)25-33-43-27-29(49-33)36-18-9-14(10-20(40)32(46)42-25)7-8-22(18)47-35(36)44-26-17(11-15(37)12-19(26)36)16-5-4-6-21-23(16)24(30(38)41-21)28-31(39)45-34(27)48-28/h4-9,11-13,20,25,35,41,44H,3,10,40H2,1-2H3,(H,42,46). The summed E-state index contributed by atoms with van der Waals surface area (Å²) in [6.45, 7) is 4.08. The van der Waals surface area contributed by atoms with E-state index in [9.17, 15) is 4.79 Å². The van der Waals surface area contributed by atoms with E-state index in [0.29, 0.717) is 39.4 Å². The fourth-order valence-corrected chi connectivity index (χ4v) is 8.77. The van der Waals surface area contributed by atoms with Crippen LogP contribution in [0.2, 0.25) is 15.3 Å². The number of oxazole rings is 2. The SMILES string of the molecule is CCC(C)C1NC(=O)C(N)Cc2ccc3c(c2)C24c5cc(Cl)cc(c5NC2O3)-c2cccc3[nH]c(Cl)c(c23)-c2oc(nc2Cl)-c2nc1oc24. The predicted molar refractivity (Wildman–Crippen MR) is 186 cm³/mol. The summed E-state index contributed by atoms with van der Waals surface area (Å²) in [4.78, 5) is 26.7. The largest absolute Gasteiger partial charge is 0.469 e. The van der Waals surface area contributed by atoms with Gasteiger partial charge in [0, 0.05) is 38.3 Å². The van der Waals surface area contributed by atoms with Gasteiger partial charge in [-0.05, 0) is 47.7 Å². The number of benzene rings is 3. The molecule has 246 valence electrons. The van der Waals surface area contributed by atoms with Crippen LogP contribution in [0.15, 0.2) is 57.4 Å². The number of fused-ring (bicyclic) bond motifs is 7. The first-order valence-electron chi connectivity index (χ1n) is 16.1. The van der Waals surface area contributed by atoms with Crippen LogP contribution in [0.25, 0.3) is 44.9 Å². The molecule has 3 aromatic carbocycles. The second-order valence-electron chi connectivity index (χ2n) is 13.2. The van der Waals surface area contributed by atoms with Crippen LogP contribution in [-0.4, -0.2) is 33.1 Å². The van der Waals surface area contributed by atoms with Crippen LogP contribution in [0.1, 0.15) is 54.7 Å². The number of nitrogens with zero attached hydrogens (tertiary/aromatic N) is 2. The quantitative estimate of drug-likeness (QED) is 0.141. The van der Waals surface area contributed by atoms with E-state index in [1.54, 1.807) is 0 Å². The van der Waals surface area contributed by atoms with Gasteiger partial charge in [-0.15, -0.1) is 0 Å². The van der Waals surface area contributed by atoms with Crippen LogP contribution in [0, 0.1) is 5.92 Å². The minimum atomic E-state index is -1.12. The van der Waals surface area contributed by atoms with Gasteiger partial charge in [-0.2, -0.15) is 4.98 Å². The van der Waals surface area contributed by atoms with Crippen molar-refractivity contribution in [2.45, 2.75) is 50.4 Å². The predicted octanol–water partition coefficient (Wildman–Crippen LogP) is 7.98. The number of rotatable bonds is 2. The molecule has 5 N–H and O–H groups in total. The summed E-state index contributed by atoms with van der Waals surface area (Å²) in [6.07, 6.45) is 0.355. The second-order valence-corrected chi connectivity index (χ2v) is 14.4. The van der Waals surface area contributed by atoms with E-state index in [1.165, 1.54) is 0 Å². The lowest BCUT2D eigenvalue weighted by Crippen LogP contribution is -2.45. The number of ether oxygens (including phenoxy) is 1. The molecule has 7 heterocycles. The van der Waals surface area contributed by atoms with Crippen molar-refractivity contribution in [3.8, 4) is 39.8 Å². The van der Waals surface area contributed by atoms with E-state index < -0.39 is 23.7 Å². The van der Waals surface area contributed by atoms with Gasteiger partial charge in [-0.25, -0.2) is 4.98 Å². The molecule has 0 aliphatic carbocycles. The summed E-state index contributed by atoms with van der Waals surface area (Å²) < 4.78 is 20.3. The van der Waals surface area contributed by atoms with E-state index in [2.05, 4.69) is 15.6 Å². The normalized spacial score (nSPS) is 23.2. The molecule has 10 rings (SSSR count). The Labute approximate surface area is 294 Å². The Morgan fingerprint density at radius 2 is 1.90 bits per heavy atom. The number of halogens is 3. The summed E-state index contributed by atoms with van der Waals surface area (Å²) >= 11 is 20.9. The van der Waals surface area contributed by atoms with Crippen molar-refractivity contribution in [1.82, 2.24) is 20.3 Å². The lowest BCUT2D eigenvalue weighted by molar-refractivity contribution is -0.123. The van der Waals surface area contributed by atoms with E-state index in [4.69, 9.17) is 64.1 Å². The number of nitrogens with one attached hydrogen (secondary N) is 3. The Balaban J connectivity index is 1.41. The topological polar surface area (TPSA) is 144 Å². The summed E-state index contributed by atoms with van der Waals surface area (Å²) in [5.41, 5.74) is 12.0. The smallest absolute Gasteiger partial charge is 0.250 e. The highest BCUT2D eigenvalue weighted by Gasteiger charge is 2.62. The molecule has 10 nitrogen and oxygen atoms in total. The second kappa shape index (κ2) is 10.0. The highest BCUT2D eigenvalue weighted by molar-refractivity contribution is 6.37. The molecule has 49 heavy (non-hydrogen) atoms. The molecule has 10 bridgehead atoms. The molecular formula is C36H27Cl3N6O4. The third-order valence-electron chi connectivity index (χ3n) is 10.6. The van der Waals surface area contributed by atoms with Crippen molar-refractivity contribution in [3.63, 3.8) is 0 Å². The van der Waals surface area contributed by atoms with Crippen LogP contribution < -0.4 is 21.1 Å². The van der Waals surface area contributed by atoms with Gasteiger partial charge in [0.1, 0.15) is 22.4 Å². The fourth-order valence-electron chi connectivity index (χ4n) is 8.06. The number of aromatic amines is 1. The molecule has 1 spiro atoms. The number of carbonyl (C=O) groups is 1. The number of H-pyrrole nitrogens is 1. The average molecular weight is 714 g/mol. The van der Waals surface area contributed by atoms with Gasteiger partial charge in [0.2, 0.25) is 11.8 Å². The number of carbonyl (C=O) groups excluding carboxylic acids is 1. The van der Waals surface area contributed by atoms with E-state index in [-0.39, 0.29) is 34.5 Å². The Kier molecular flexibility index (Phi) is 6.03. The van der Waals surface area contributed by atoms with E-state index >= 15 is 0 Å². The maximum absolute atomic E-state index is 13.6. The molecule has 5 unspecified atom stereocenters. The summed E-state index contributed by atoms with van der Waals surface area (Å²) in [6, 6.07) is 14.2. The van der Waals surface area contributed by atoms with Crippen molar-refractivity contribution in [2.24, 2.45) is 11.7 Å². The minimum absolute atomic E-state index is 0.0674. The van der Waals surface area contributed by atoms with Crippen LogP contribution >= 0.6 is 34.8 Å².